The minimum absolute atomic E-state index is 0.00928. The van der Waals surface area contributed by atoms with E-state index in [9.17, 15) is 4.79 Å². The first-order valence-electron chi connectivity index (χ1n) is 9.48. The SMILES string of the molecule is O=C(NC1CCCC1)N1CCC2(CC1)CC(c1ccccc1)CO2. The quantitative estimate of drug-likeness (QED) is 0.900. The number of carbonyl (C=O) groups is 1. The van der Waals surface area contributed by atoms with Crippen molar-refractivity contribution in [1.29, 1.82) is 0 Å². The van der Waals surface area contributed by atoms with Crippen LogP contribution in [0.3, 0.4) is 0 Å². The number of urea groups is 1. The molecule has 4 heteroatoms. The number of rotatable bonds is 2. The van der Waals surface area contributed by atoms with Crippen LogP contribution >= 0.6 is 0 Å². The summed E-state index contributed by atoms with van der Waals surface area (Å²) >= 11 is 0. The molecule has 4 nitrogen and oxygen atoms in total. The molecule has 1 unspecified atom stereocenters. The van der Waals surface area contributed by atoms with Crippen molar-refractivity contribution in [2.75, 3.05) is 19.7 Å². The van der Waals surface area contributed by atoms with E-state index in [1.165, 1.54) is 18.4 Å². The lowest BCUT2D eigenvalue weighted by Crippen LogP contribution is -2.51. The van der Waals surface area contributed by atoms with E-state index in [1.807, 2.05) is 4.90 Å². The van der Waals surface area contributed by atoms with Crippen LogP contribution in [0.1, 0.15) is 56.4 Å². The van der Waals surface area contributed by atoms with Gasteiger partial charge < -0.3 is 15.0 Å². The zero-order chi connectivity index (χ0) is 16.4. The highest BCUT2D eigenvalue weighted by molar-refractivity contribution is 5.74. The Morgan fingerprint density at radius 3 is 2.54 bits per heavy atom. The van der Waals surface area contributed by atoms with E-state index < -0.39 is 0 Å². The fourth-order valence-electron chi connectivity index (χ4n) is 4.59. The zero-order valence-electron chi connectivity index (χ0n) is 14.4. The standard InChI is InChI=1S/C20H28N2O2/c23-19(21-18-8-4-5-9-18)22-12-10-20(11-13-22)14-17(15-24-20)16-6-2-1-3-7-16/h1-3,6-7,17-18H,4-5,8-15H2,(H,21,23). The molecule has 0 aromatic heterocycles. The second-order valence-corrected chi connectivity index (χ2v) is 7.72. The van der Waals surface area contributed by atoms with Gasteiger partial charge >= 0.3 is 6.03 Å². The summed E-state index contributed by atoms with van der Waals surface area (Å²) in [4.78, 5) is 14.4. The fraction of sp³-hybridized carbons (Fsp3) is 0.650. The molecule has 1 saturated carbocycles. The molecule has 3 aliphatic rings. The fourth-order valence-corrected chi connectivity index (χ4v) is 4.59. The van der Waals surface area contributed by atoms with Crippen molar-refractivity contribution in [3.8, 4) is 0 Å². The van der Waals surface area contributed by atoms with Gasteiger partial charge in [-0.2, -0.15) is 0 Å². The van der Waals surface area contributed by atoms with Crippen LogP contribution in [0.15, 0.2) is 30.3 Å². The molecule has 1 N–H and O–H groups in total. The van der Waals surface area contributed by atoms with E-state index in [-0.39, 0.29) is 11.6 Å². The summed E-state index contributed by atoms with van der Waals surface area (Å²) in [6.45, 7) is 2.46. The first-order valence-corrected chi connectivity index (χ1v) is 9.48. The number of ether oxygens (including phenoxy) is 1. The van der Waals surface area contributed by atoms with Gasteiger partial charge in [-0.3, -0.25) is 0 Å². The highest BCUT2D eigenvalue weighted by Gasteiger charge is 2.43. The van der Waals surface area contributed by atoms with Crippen molar-refractivity contribution >= 4 is 6.03 Å². The number of likely N-dealkylation sites (tertiary alicyclic amines) is 1. The molecular formula is C20H28N2O2. The molecule has 1 aromatic rings. The van der Waals surface area contributed by atoms with E-state index in [0.717, 1.165) is 51.8 Å². The Kier molecular flexibility index (Phi) is 4.49. The normalized spacial score (nSPS) is 26.8. The second-order valence-electron chi connectivity index (χ2n) is 7.72. The van der Waals surface area contributed by atoms with E-state index in [4.69, 9.17) is 4.74 Å². The van der Waals surface area contributed by atoms with Crippen LogP contribution < -0.4 is 5.32 Å². The van der Waals surface area contributed by atoms with Crippen LogP contribution in [-0.2, 0) is 4.74 Å². The van der Waals surface area contributed by atoms with Crippen molar-refractivity contribution in [2.45, 2.75) is 62.5 Å². The molecule has 130 valence electrons. The monoisotopic (exact) mass is 328 g/mol. The molecule has 3 fully saturated rings. The molecule has 4 rings (SSSR count). The van der Waals surface area contributed by atoms with Crippen LogP contribution in [0.25, 0.3) is 0 Å². The second kappa shape index (κ2) is 6.75. The van der Waals surface area contributed by atoms with Gasteiger partial charge in [0.2, 0.25) is 0 Å². The van der Waals surface area contributed by atoms with Crippen molar-refractivity contribution in [3.05, 3.63) is 35.9 Å². The Labute approximate surface area is 144 Å². The van der Waals surface area contributed by atoms with Gasteiger partial charge in [0.15, 0.2) is 0 Å². The topological polar surface area (TPSA) is 41.6 Å². The lowest BCUT2D eigenvalue weighted by molar-refractivity contribution is -0.0364. The maximum atomic E-state index is 12.4. The molecule has 1 spiro atoms. The van der Waals surface area contributed by atoms with Gasteiger partial charge in [-0.15, -0.1) is 0 Å². The Bertz CT molecular complexity index is 560. The number of amides is 2. The summed E-state index contributed by atoms with van der Waals surface area (Å²) in [6.07, 6.45) is 7.82. The number of nitrogens with one attached hydrogen (secondary N) is 1. The highest BCUT2D eigenvalue weighted by atomic mass is 16.5. The van der Waals surface area contributed by atoms with E-state index >= 15 is 0 Å². The molecule has 2 amide bonds. The van der Waals surface area contributed by atoms with Crippen LogP contribution in [-0.4, -0.2) is 42.3 Å². The minimum atomic E-state index is -0.00928. The van der Waals surface area contributed by atoms with Crippen LogP contribution in [0.4, 0.5) is 4.79 Å². The Balaban J connectivity index is 1.30. The zero-order valence-corrected chi connectivity index (χ0v) is 14.4. The third kappa shape index (κ3) is 3.30. The summed E-state index contributed by atoms with van der Waals surface area (Å²) in [6, 6.07) is 11.2. The van der Waals surface area contributed by atoms with Gasteiger partial charge in [-0.25, -0.2) is 4.79 Å². The van der Waals surface area contributed by atoms with Crippen molar-refractivity contribution in [2.24, 2.45) is 0 Å². The summed E-state index contributed by atoms with van der Waals surface area (Å²) in [7, 11) is 0. The minimum Gasteiger partial charge on any atom is -0.374 e. The molecule has 1 aliphatic carbocycles. The number of hydrogen-bond acceptors (Lipinski definition) is 2. The molecule has 24 heavy (non-hydrogen) atoms. The number of piperidine rings is 1. The summed E-state index contributed by atoms with van der Waals surface area (Å²) in [5.74, 6) is 0.505. The lowest BCUT2D eigenvalue weighted by Gasteiger charge is -2.39. The number of hydrogen-bond donors (Lipinski definition) is 1. The van der Waals surface area contributed by atoms with Gasteiger partial charge in [0, 0.05) is 25.0 Å². The largest absolute Gasteiger partial charge is 0.374 e. The first-order chi connectivity index (χ1) is 11.7. The van der Waals surface area contributed by atoms with Crippen molar-refractivity contribution in [3.63, 3.8) is 0 Å². The average molecular weight is 328 g/mol. The molecular weight excluding hydrogens is 300 g/mol. The Morgan fingerprint density at radius 2 is 1.83 bits per heavy atom. The van der Waals surface area contributed by atoms with Gasteiger partial charge in [-0.1, -0.05) is 43.2 Å². The Morgan fingerprint density at radius 1 is 1.12 bits per heavy atom. The number of benzene rings is 1. The van der Waals surface area contributed by atoms with Gasteiger partial charge in [-0.05, 0) is 37.7 Å². The van der Waals surface area contributed by atoms with Crippen LogP contribution in [0.2, 0.25) is 0 Å². The predicted octanol–water partition coefficient (Wildman–Crippen LogP) is 3.68. The van der Waals surface area contributed by atoms with Crippen LogP contribution in [0, 0.1) is 0 Å². The third-order valence-electron chi connectivity index (χ3n) is 6.12. The lowest BCUT2D eigenvalue weighted by atomic mass is 9.83. The molecule has 2 saturated heterocycles. The first kappa shape index (κ1) is 15.9. The maximum Gasteiger partial charge on any atom is 0.317 e. The molecule has 2 heterocycles. The van der Waals surface area contributed by atoms with E-state index in [0.29, 0.717) is 12.0 Å². The molecule has 0 radical (unpaired) electrons. The van der Waals surface area contributed by atoms with Crippen molar-refractivity contribution < 1.29 is 9.53 Å². The Hall–Kier alpha value is -1.55. The molecule has 0 bridgehead atoms. The van der Waals surface area contributed by atoms with E-state index in [2.05, 4.69) is 35.6 Å². The molecule has 1 atom stereocenters. The summed E-state index contributed by atoms with van der Waals surface area (Å²) in [5.41, 5.74) is 1.38. The summed E-state index contributed by atoms with van der Waals surface area (Å²) < 4.78 is 6.25. The van der Waals surface area contributed by atoms with Crippen molar-refractivity contribution in [1.82, 2.24) is 10.2 Å². The van der Waals surface area contributed by atoms with E-state index in [1.54, 1.807) is 0 Å². The molecule has 1 aromatic carbocycles. The van der Waals surface area contributed by atoms with Gasteiger partial charge in [0.05, 0.1) is 12.2 Å². The summed E-state index contributed by atoms with van der Waals surface area (Å²) in [5, 5.41) is 3.21. The maximum absolute atomic E-state index is 12.4. The predicted molar refractivity (Wildman–Crippen MR) is 94.1 cm³/mol. The number of nitrogens with zero attached hydrogens (tertiary/aromatic N) is 1. The van der Waals surface area contributed by atoms with Gasteiger partial charge in [0.25, 0.3) is 0 Å². The number of carbonyl (C=O) groups excluding carboxylic acids is 1. The van der Waals surface area contributed by atoms with Crippen LogP contribution in [0.5, 0.6) is 0 Å². The van der Waals surface area contributed by atoms with Gasteiger partial charge in [0.1, 0.15) is 0 Å². The smallest absolute Gasteiger partial charge is 0.317 e. The average Bonchev–Trinajstić information content (AvgIpc) is 3.27. The molecule has 2 aliphatic heterocycles. The highest BCUT2D eigenvalue weighted by Crippen LogP contribution is 2.42. The third-order valence-corrected chi connectivity index (χ3v) is 6.12.